The summed E-state index contributed by atoms with van der Waals surface area (Å²) in [5.74, 6) is 0.540. The number of halogens is 1. The average Bonchev–Trinajstić information content (AvgIpc) is 2.50. The summed E-state index contributed by atoms with van der Waals surface area (Å²) in [6.45, 7) is 4.31. The molecule has 1 nitrogen and oxygen atoms in total. The van der Waals surface area contributed by atoms with E-state index < -0.39 is 0 Å². The zero-order chi connectivity index (χ0) is 15.9. The first-order valence-corrected chi connectivity index (χ1v) is 7.90. The number of benzene rings is 2. The normalized spacial score (nSPS) is 10.9. The molecule has 116 valence electrons. The largest absolute Gasteiger partial charge is 0.299 e. The van der Waals surface area contributed by atoms with Crippen LogP contribution in [0.1, 0.15) is 49.3 Å². The molecular weight excluding hydrogens is 275 g/mol. The summed E-state index contributed by atoms with van der Waals surface area (Å²) in [6, 6.07) is 15.0. The molecule has 0 aliphatic carbocycles. The number of carbonyl (C=O) groups is 1. The lowest BCUT2D eigenvalue weighted by Crippen LogP contribution is -2.04. The van der Waals surface area contributed by atoms with E-state index in [0.29, 0.717) is 37.2 Å². The summed E-state index contributed by atoms with van der Waals surface area (Å²) in [7, 11) is 0. The first-order chi connectivity index (χ1) is 10.6. The van der Waals surface area contributed by atoms with Gasteiger partial charge in [-0.25, -0.2) is 4.39 Å². The van der Waals surface area contributed by atoms with E-state index in [0.717, 1.165) is 5.56 Å². The summed E-state index contributed by atoms with van der Waals surface area (Å²) < 4.78 is 13.5. The molecule has 2 heteroatoms. The minimum absolute atomic E-state index is 0.181. The number of carbonyl (C=O) groups excluding carboxylic acids is 1. The van der Waals surface area contributed by atoms with Crippen LogP contribution in [0.3, 0.4) is 0 Å². The van der Waals surface area contributed by atoms with Gasteiger partial charge in [0.1, 0.15) is 11.6 Å². The van der Waals surface area contributed by atoms with Crippen molar-refractivity contribution in [3.63, 3.8) is 0 Å². The van der Waals surface area contributed by atoms with Gasteiger partial charge in [0, 0.05) is 12.8 Å². The molecule has 0 bridgehead atoms. The van der Waals surface area contributed by atoms with Gasteiger partial charge in [-0.3, -0.25) is 4.79 Å². The van der Waals surface area contributed by atoms with Crippen molar-refractivity contribution in [3.8, 4) is 0 Å². The number of hydrogen-bond acceptors (Lipinski definition) is 1. The van der Waals surface area contributed by atoms with Crippen molar-refractivity contribution < 1.29 is 9.18 Å². The number of aryl methyl sites for hydroxylation is 1. The van der Waals surface area contributed by atoms with Crippen LogP contribution in [-0.4, -0.2) is 5.78 Å². The van der Waals surface area contributed by atoms with Gasteiger partial charge in [-0.1, -0.05) is 56.3 Å². The molecule has 0 amide bonds. The highest BCUT2D eigenvalue weighted by molar-refractivity contribution is 5.80. The molecule has 0 fully saturated rings. The Balaban J connectivity index is 1.79. The molecule has 0 unspecified atom stereocenters. The van der Waals surface area contributed by atoms with Crippen LogP contribution >= 0.6 is 0 Å². The highest BCUT2D eigenvalue weighted by Gasteiger charge is 2.06. The fraction of sp³-hybridized carbons (Fsp3) is 0.350. The molecule has 0 radical (unpaired) electrons. The molecule has 0 aliphatic rings. The van der Waals surface area contributed by atoms with Gasteiger partial charge >= 0.3 is 0 Å². The minimum Gasteiger partial charge on any atom is -0.299 e. The maximum absolute atomic E-state index is 13.5. The molecule has 0 spiro atoms. The molecule has 2 rings (SSSR count). The summed E-state index contributed by atoms with van der Waals surface area (Å²) >= 11 is 0. The van der Waals surface area contributed by atoms with Gasteiger partial charge in [0.05, 0.1) is 0 Å². The topological polar surface area (TPSA) is 17.1 Å². The van der Waals surface area contributed by atoms with Crippen molar-refractivity contribution >= 4 is 5.78 Å². The molecule has 0 saturated heterocycles. The summed E-state index contributed by atoms with van der Waals surface area (Å²) in [5.41, 5.74) is 3.03. The van der Waals surface area contributed by atoms with E-state index in [1.807, 2.05) is 18.2 Å². The molecule has 2 aromatic rings. The van der Waals surface area contributed by atoms with E-state index in [2.05, 4.69) is 26.0 Å². The predicted octanol–water partition coefficient (Wildman–Crippen LogP) is 5.08. The molecule has 22 heavy (non-hydrogen) atoms. The molecule has 0 N–H and O–H groups in total. The first kappa shape index (κ1) is 16.4. The predicted molar refractivity (Wildman–Crippen MR) is 88.6 cm³/mol. The van der Waals surface area contributed by atoms with Crippen LogP contribution in [0.4, 0.5) is 4.39 Å². The molecule has 0 aliphatic heterocycles. The third-order valence-electron chi connectivity index (χ3n) is 3.91. The number of hydrogen-bond donors (Lipinski definition) is 0. The Morgan fingerprint density at radius 1 is 1.05 bits per heavy atom. The second-order valence-electron chi connectivity index (χ2n) is 6.06. The van der Waals surface area contributed by atoms with Gasteiger partial charge in [-0.2, -0.15) is 0 Å². The van der Waals surface area contributed by atoms with Crippen LogP contribution < -0.4 is 0 Å². The second kappa shape index (κ2) is 7.88. The lowest BCUT2D eigenvalue weighted by atomic mass is 9.98. The monoisotopic (exact) mass is 298 g/mol. The van der Waals surface area contributed by atoms with E-state index >= 15 is 0 Å². The Labute approximate surface area is 132 Å². The highest BCUT2D eigenvalue weighted by atomic mass is 19.1. The molecule has 2 aromatic carbocycles. The Morgan fingerprint density at radius 3 is 2.36 bits per heavy atom. The van der Waals surface area contributed by atoms with Crippen LogP contribution in [0.5, 0.6) is 0 Å². The Hall–Kier alpha value is -1.96. The zero-order valence-electron chi connectivity index (χ0n) is 13.3. The fourth-order valence-corrected chi connectivity index (χ4v) is 2.51. The standard InChI is InChI=1S/C20H23FO/c1-15(2)17-12-10-16(11-13-17)14-19(22)8-5-7-18-6-3-4-9-20(18)21/h3-4,6,9-13,15H,5,7-8,14H2,1-2H3. The maximum atomic E-state index is 13.5. The SMILES string of the molecule is CC(C)c1ccc(CC(=O)CCCc2ccccc2F)cc1. The van der Waals surface area contributed by atoms with Crippen LogP contribution in [0.2, 0.25) is 0 Å². The van der Waals surface area contributed by atoms with Gasteiger partial charge in [-0.15, -0.1) is 0 Å². The number of ketones is 1. The number of rotatable bonds is 7. The van der Waals surface area contributed by atoms with Gasteiger partial charge in [-0.05, 0) is 41.5 Å². The van der Waals surface area contributed by atoms with Crippen molar-refractivity contribution in [2.24, 2.45) is 0 Å². The lowest BCUT2D eigenvalue weighted by molar-refractivity contribution is -0.118. The van der Waals surface area contributed by atoms with E-state index in [9.17, 15) is 9.18 Å². The van der Waals surface area contributed by atoms with Crippen LogP contribution in [0.25, 0.3) is 0 Å². The van der Waals surface area contributed by atoms with Crippen LogP contribution in [0, 0.1) is 5.82 Å². The maximum Gasteiger partial charge on any atom is 0.137 e. The van der Waals surface area contributed by atoms with E-state index in [-0.39, 0.29) is 11.6 Å². The first-order valence-electron chi connectivity index (χ1n) is 7.90. The quantitative estimate of drug-likeness (QED) is 0.696. The van der Waals surface area contributed by atoms with Crippen LogP contribution in [0.15, 0.2) is 48.5 Å². The molecule has 0 atom stereocenters. The second-order valence-corrected chi connectivity index (χ2v) is 6.06. The molecule has 0 heterocycles. The smallest absolute Gasteiger partial charge is 0.137 e. The van der Waals surface area contributed by atoms with E-state index in [4.69, 9.17) is 0 Å². The van der Waals surface area contributed by atoms with Gasteiger partial charge in [0.15, 0.2) is 0 Å². The fourth-order valence-electron chi connectivity index (χ4n) is 2.51. The van der Waals surface area contributed by atoms with Crippen molar-refractivity contribution in [2.75, 3.05) is 0 Å². The number of Topliss-reactive ketones (excluding diaryl/α,β-unsaturated/α-hetero) is 1. The third-order valence-corrected chi connectivity index (χ3v) is 3.91. The van der Waals surface area contributed by atoms with Gasteiger partial charge in [0.25, 0.3) is 0 Å². The zero-order valence-corrected chi connectivity index (χ0v) is 13.3. The summed E-state index contributed by atoms with van der Waals surface area (Å²) in [5, 5.41) is 0. The van der Waals surface area contributed by atoms with Gasteiger partial charge in [0.2, 0.25) is 0 Å². The molecule has 0 saturated carbocycles. The highest BCUT2D eigenvalue weighted by Crippen LogP contribution is 2.16. The van der Waals surface area contributed by atoms with Crippen molar-refractivity contribution in [1.82, 2.24) is 0 Å². The Kier molecular flexibility index (Phi) is 5.88. The summed E-state index contributed by atoms with van der Waals surface area (Å²) in [4.78, 5) is 12.0. The van der Waals surface area contributed by atoms with E-state index in [1.165, 1.54) is 11.6 Å². The lowest BCUT2D eigenvalue weighted by Gasteiger charge is -2.07. The van der Waals surface area contributed by atoms with Crippen molar-refractivity contribution in [1.29, 1.82) is 0 Å². The average molecular weight is 298 g/mol. The van der Waals surface area contributed by atoms with Gasteiger partial charge < -0.3 is 0 Å². The molecular formula is C20H23FO. The molecule has 0 aromatic heterocycles. The van der Waals surface area contributed by atoms with Crippen molar-refractivity contribution in [2.45, 2.75) is 45.4 Å². The Morgan fingerprint density at radius 2 is 1.73 bits per heavy atom. The van der Waals surface area contributed by atoms with E-state index in [1.54, 1.807) is 12.1 Å². The Bertz CT molecular complexity index is 614. The van der Waals surface area contributed by atoms with Crippen LogP contribution in [-0.2, 0) is 17.6 Å². The summed E-state index contributed by atoms with van der Waals surface area (Å²) in [6.07, 6.45) is 2.28. The third kappa shape index (κ3) is 4.80. The van der Waals surface area contributed by atoms with Crippen molar-refractivity contribution in [3.05, 3.63) is 71.0 Å². The minimum atomic E-state index is -0.181.